The van der Waals surface area contributed by atoms with Gasteiger partial charge in [0.15, 0.2) is 0 Å². The molecule has 0 radical (unpaired) electrons. The molecular weight excluding hydrogens is 268 g/mol. The molecule has 0 bridgehead atoms. The maximum atomic E-state index is 6.20. The highest BCUT2D eigenvalue weighted by Crippen LogP contribution is 2.32. The highest BCUT2D eigenvalue weighted by molar-refractivity contribution is 7.16. The second-order valence-corrected chi connectivity index (χ2v) is 5.02. The number of hydrogen-bond acceptors (Lipinski definition) is 5. The molecule has 1 aromatic carbocycles. The molecule has 0 amide bonds. The summed E-state index contributed by atoms with van der Waals surface area (Å²) in [6.07, 6.45) is 5.06. The number of fused-ring (bicyclic) bond motifs is 1. The standard InChI is InChI=1S/C12H9ClN4S/c13-9-1-2-10-12(17-7-18-10)11(9)16-5-8-3-14-6-15-4-8/h1-4,6-7,16H,5H2. The molecule has 0 saturated carbocycles. The summed E-state index contributed by atoms with van der Waals surface area (Å²) < 4.78 is 1.12. The van der Waals surface area contributed by atoms with Gasteiger partial charge in [0, 0.05) is 24.5 Å². The summed E-state index contributed by atoms with van der Waals surface area (Å²) in [7, 11) is 0. The Morgan fingerprint density at radius 3 is 2.89 bits per heavy atom. The molecule has 0 atom stereocenters. The van der Waals surface area contributed by atoms with Gasteiger partial charge in [-0.3, -0.25) is 0 Å². The zero-order valence-electron chi connectivity index (χ0n) is 9.30. The van der Waals surface area contributed by atoms with Gasteiger partial charge < -0.3 is 5.32 Å². The molecule has 2 heterocycles. The normalized spacial score (nSPS) is 10.7. The van der Waals surface area contributed by atoms with E-state index in [4.69, 9.17) is 11.6 Å². The number of nitrogens with zero attached hydrogens (tertiary/aromatic N) is 3. The quantitative estimate of drug-likeness (QED) is 0.797. The van der Waals surface area contributed by atoms with Crippen molar-refractivity contribution in [3.05, 3.63) is 47.0 Å². The fraction of sp³-hybridized carbons (Fsp3) is 0.0833. The molecule has 6 heteroatoms. The van der Waals surface area contributed by atoms with Crippen molar-refractivity contribution >= 4 is 38.8 Å². The van der Waals surface area contributed by atoms with E-state index in [1.807, 2.05) is 17.6 Å². The van der Waals surface area contributed by atoms with E-state index in [1.54, 1.807) is 23.7 Å². The number of aromatic nitrogens is 3. The fourth-order valence-corrected chi connectivity index (χ4v) is 2.59. The average molecular weight is 277 g/mol. The number of anilines is 1. The third-order valence-corrected chi connectivity index (χ3v) is 3.64. The lowest BCUT2D eigenvalue weighted by molar-refractivity contribution is 1.05. The summed E-state index contributed by atoms with van der Waals surface area (Å²) >= 11 is 7.79. The molecule has 3 rings (SSSR count). The first-order chi connectivity index (χ1) is 8.84. The number of hydrogen-bond donors (Lipinski definition) is 1. The Kier molecular flexibility index (Phi) is 3.08. The largest absolute Gasteiger partial charge is 0.378 e. The van der Waals surface area contributed by atoms with E-state index in [0.29, 0.717) is 11.6 Å². The third-order valence-electron chi connectivity index (χ3n) is 2.53. The van der Waals surface area contributed by atoms with Crippen LogP contribution in [0.15, 0.2) is 36.4 Å². The van der Waals surface area contributed by atoms with Crippen molar-refractivity contribution in [2.45, 2.75) is 6.54 Å². The molecular formula is C12H9ClN4S. The Balaban J connectivity index is 1.90. The third kappa shape index (κ3) is 2.14. The van der Waals surface area contributed by atoms with Crippen molar-refractivity contribution in [1.82, 2.24) is 15.0 Å². The minimum atomic E-state index is 0.622. The lowest BCUT2D eigenvalue weighted by atomic mass is 10.2. The van der Waals surface area contributed by atoms with Crippen LogP contribution in [0.4, 0.5) is 5.69 Å². The molecule has 90 valence electrons. The van der Waals surface area contributed by atoms with Crippen molar-refractivity contribution in [3.8, 4) is 0 Å². The van der Waals surface area contributed by atoms with Crippen LogP contribution >= 0.6 is 22.9 Å². The van der Waals surface area contributed by atoms with Crippen LogP contribution in [-0.4, -0.2) is 15.0 Å². The van der Waals surface area contributed by atoms with E-state index >= 15 is 0 Å². The lowest BCUT2D eigenvalue weighted by Crippen LogP contribution is -2.01. The number of rotatable bonds is 3. The Morgan fingerprint density at radius 1 is 1.22 bits per heavy atom. The average Bonchev–Trinajstić information content (AvgIpc) is 2.87. The van der Waals surface area contributed by atoms with E-state index < -0.39 is 0 Å². The molecule has 3 aromatic rings. The minimum absolute atomic E-state index is 0.622. The van der Waals surface area contributed by atoms with Gasteiger partial charge >= 0.3 is 0 Å². The smallest absolute Gasteiger partial charge is 0.115 e. The van der Waals surface area contributed by atoms with Gasteiger partial charge in [-0.15, -0.1) is 11.3 Å². The summed E-state index contributed by atoms with van der Waals surface area (Å²) in [6.45, 7) is 0.622. The lowest BCUT2D eigenvalue weighted by Gasteiger charge is -2.08. The molecule has 4 nitrogen and oxygen atoms in total. The van der Waals surface area contributed by atoms with Gasteiger partial charge in [0.1, 0.15) is 11.8 Å². The van der Waals surface area contributed by atoms with Crippen LogP contribution in [0.25, 0.3) is 10.2 Å². The van der Waals surface area contributed by atoms with Gasteiger partial charge in [0.25, 0.3) is 0 Å². The molecule has 2 aromatic heterocycles. The molecule has 0 aliphatic carbocycles. The molecule has 18 heavy (non-hydrogen) atoms. The Labute approximate surface area is 113 Å². The van der Waals surface area contributed by atoms with Gasteiger partial charge in [-0.2, -0.15) is 0 Å². The van der Waals surface area contributed by atoms with E-state index in [0.717, 1.165) is 21.5 Å². The first-order valence-corrected chi connectivity index (χ1v) is 6.60. The molecule has 0 aliphatic heterocycles. The van der Waals surface area contributed by atoms with Gasteiger partial charge in [0.05, 0.1) is 20.9 Å². The summed E-state index contributed by atoms with van der Waals surface area (Å²) in [5.74, 6) is 0. The van der Waals surface area contributed by atoms with E-state index in [1.165, 1.54) is 6.33 Å². The van der Waals surface area contributed by atoms with Crippen LogP contribution in [0.5, 0.6) is 0 Å². The zero-order valence-corrected chi connectivity index (χ0v) is 10.9. The zero-order chi connectivity index (χ0) is 12.4. The van der Waals surface area contributed by atoms with Crippen molar-refractivity contribution in [3.63, 3.8) is 0 Å². The molecule has 0 fully saturated rings. The fourth-order valence-electron chi connectivity index (χ4n) is 1.69. The van der Waals surface area contributed by atoms with E-state index in [9.17, 15) is 0 Å². The highest BCUT2D eigenvalue weighted by Gasteiger charge is 2.08. The second kappa shape index (κ2) is 4.88. The van der Waals surface area contributed by atoms with Crippen LogP contribution < -0.4 is 5.32 Å². The van der Waals surface area contributed by atoms with Crippen LogP contribution in [0, 0.1) is 0 Å². The predicted molar refractivity (Wildman–Crippen MR) is 74.0 cm³/mol. The van der Waals surface area contributed by atoms with Gasteiger partial charge in [0.2, 0.25) is 0 Å². The van der Waals surface area contributed by atoms with Gasteiger partial charge in [-0.1, -0.05) is 11.6 Å². The van der Waals surface area contributed by atoms with Crippen molar-refractivity contribution in [1.29, 1.82) is 0 Å². The molecule has 0 aliphatic rings. The number of nitrogens with one attached hydrogen (secondary N) is 1. The maximum absolute atomic E-state index is 6.20. The summed E-state index contributed by atoms with van der Waals surface area (Å²) in [5, 5.41) is 3.96. The van der Waals surface area contributed by atoms with Gasteiger partial charge in [-0.05, 0) is 12.1 Å². The summed E-state index contributed by atoms with van der Waals surface area (Å²) in [6, 6.07) is 3.86. The summed E-state index contributed by atoms with van der Waals surface area (Å²) in [5.41, 5.74) is 4.59. The molecule has 0 spiro atoms. The second-order valence-electron chi connectivity index (χ2n) is 3.72. The maximum Gasteiger partial charge on any atom is 0.115 e. The SMILES string of the molecule is Clc1ccc2scnc2c1NCc1cncnc1. The minimum Gasteiger partial charge on any atom is -0.378 e. The van der Waals surface area contributed by atoms with Gasteiger partial charge in [-0.25, -0.2) is 15.0 Å². The number of benzene rings is 1. The Morgan fingerprint density at radius 2 is 2.06 bits per heavy atom. The van der Waals surface area contributed by atoms with Crippen molar-refractivity contribution in [2.75, 3.05) is 5.32 Å². The number of thiazole rings is 1. The Bertz CT molecular complexity index is 668. The van der Waals surface area contributed by atoms with Crippen molar-refractivity contribution < 1.29 is 0 Å². The summed E-state index contributed by atoms with van der Waals surface area (Å²) in [4.78, 5) is 12.3. The van der Waals surface area contributed by atoms with E-state index in [-0.39, 0.29) is 0 Å². The first kappa shape index (κ1) is 11.4. The van der Waals surface area contributed by atoms with Crippen LogP contribution in [0.1, 0.15) is 5.56 Å². The van der Waals surface area contributed by atoms with Crippen LogP contribution in [0.3, 0.4) is 0 Å². The monoisotopic (exact) mass is 276 g/mol. The predicted octanol–water partition coefficient (Wildman–Crippen LogP) is 3.35. The van der Waals surface area contributed by atoms with Crippen molar-refractivity contribution in [2.24, 2.45) is 0 Å². The molecule has 1 N–H and O–H groups in total. The number of halogens is 1. The highest BCUT2D eigenvalue weighted by atomic mass is 35.5. The van der Waals surface area contributed by atoms with Crippen LogP contribution in [0.2, 0.25) is 5.02 Å². The molecule has 0 saturated heterocycles. The topological polar surface area (TPSA) is 50.7 Å². The van der Waals surface area contributed by atoms with Crippen LogP contribution in [-0.2, 0) is 6.54 Å². The van der Waals surface area contributed by atoms with E-state index in [2.05, 4.69) is 20.3 Å². The molecule has 0 unspecified atom stereocenters. The first-order valence-electron chi connectivity index (χ1n) is 5.34. The Hall–Kier alpha value is -1.72.